The Morgan fingerprint density at radius 2 is 1.91 bits per heavy atom. The highest BCUT2D eigenvalue weighted by Crippen LogP contribution is 2.21. The van der Waals surface area contributed by atoms with Crippen molar-refractivity contribution in [1.82, 2.24) is 4.90 Å². The topological polar surface area (TPSA) is 41.9 Å². The van der Waals surface area contributed by atoms with E-state index in [4.69, 9.17) is 4.74 Å². The minimum absolute atomic E-state index is 0.0986. The minimum Gasteiger partial charge on any atom is -0.435 e. The highest BCUT2D eigenvalue weighted by atomic mass is 19.3. The number of nitrogens with zero attached hydrogens (tertiary/aromatic N) is 1. The molecule has 1 aromatic carbocycles. The van der Waals surface area contributed by atoms with Gasteiger partial charge in [0.1, 0.15) is 5.75 Å². The highest BCUT2D eigenvalue weighted by molar-refractivity contribution is 5.28. The molecule has 1 aliphatic heterocycles. The van der Waals surface area contributed by atoms with Crippen LogP contribution in [0.1, 0.15) is 24.5 Å². The fourth-order valence-electron chi connectivity index (χ4n) is 2.72. The van der Waals surface area contributed by atoms with E-state index in [0.717, 1.165) is 32.6 Å². The second-order valence-electron chi connectivity index (χ2n) is 5.74. The average molecular weight is 315 g/mol. The van der Waals surface area contributed by atoms with Gasteiger partial charge in [0.25, 0.3) is 0 Å². The van der Waals surface area contributed by atoms with Crippen molar-refractivity contribution in [3.05, 3.63) is 29.8 Å². The molecule has 1 saturated heterocycles. The number of alkyl halides is 2. The molecule has 0 spiro atoms. The highest BCUT2D eigenvalue weighted by Gasteiger charge is 2.18. The maximum Gasteiger partial charge on any atom is 0.387 e. The van der Waals surface area contributed by atoms with E-state index >= 15 is 0 Å². The van der Waals surface area contributed by atoms with Crippen molar-refractivity contribution in [2.75, 3.05) is 33.4 Å². The molecule has 0 amide bonds. The van der Waals surface area contributed by atoms with E-state index < -0.39 is 12.7 Å². The standard InChI is InChI=1S/C16H23F2NO3/c1-19(10-12-6-8-21-9-7-12)11-15(20)13-2-4-14(5-3-13)22-16(17)18/h2-5,12,15-16,20H,6-11H2,1H3. The molecule has 0 bridgehead atoms. The molecule has 22 heavy (non-hydrogen) atoms. The maximum atomic E-state index is 12.1. The summed E-state index contributed by atoms with van der Waals surface area (Å²) in [5.41, 5.74) is 0.695. The number of hydrogen-bond donors (Lipinski definition) is 1. The quantitative estimate of drug-likeness (QED) is 0.840. The van der Waals surface area contributed by atoms with E-state index in [1.165, 1.54) is 12.1 Å². The fraction of sp³-hybridized carbons (Fsp3) is 0.625. The van der Waals surface area contributed by atoms with Gasteiger partial charge in [-0.25, -0.2) is 0 Å². The minimum atomic E-state index is -2.83. The van der Waals surface area contributed by atoms with Crippen LogP contribution in [0.2, 0.25) is 0 Å². The van der Waals surface area contributed by atoms with Gasteiger partial charge in [0, 0.05) is 26.3 Å². The number of aliphatic hydroxyl groups is 1. The lowest BCUT2D eigenvalue weighted by Gasteiger charge is -2.28. The van der Waals surface area contributed by atoms with E-state index in [0.29, 0.717) is 18.0 Å². The third kappa shape index (κ3) is 5.51. The summed E-state index contributed by atoms with van der Waals surface area (Å²) in [4.78, 5) is 2.10. The largest absolute Gasteiger partial charge is 0.435 e. The molecule has 4 nitrogen and oxygen atoms in total. The van der Waals surface area contributed by atoms with Crippen LogP contribution in [0.5, 0.6) is 5.75 Å². The summed E-state index contributed by atoms with van der Waals surface area (Å²) in [6, 6.07) is 6.13. The normalized spacial score (nSPS) is 17.9. The van der Waals surface area contributed by atoms with Gasteiger partial charge < -0.3 is 19.5 Å². The lowest BCUT2D eigenvalue weighted by Crippen LogP contribution is -2.32. The number of likely N-dealkylation sites (N-methyl/N-ethyl adjacent to an activating group) is 1. The van der Waals surface area contributed by atoms with Crippen LogP contribution in [-0.2, 0) is 4.74 Å². The monoisotopic (exact) mass is 315 g/mol. The first-order valence-electron chi connectivity index (χ1n) is 7.53. The first-order valence-corrected chi connectivity index (χ1v) is 7.53. The molecule has 1 atom stereocenters. The van der Waals surface area contributed by atoms with Crippen molar-refractivity contribution >= 4 is 0 Å². The van der Waals surface area contributed by atoms with Gasteiger partial charge in [0.2, 0.25) is 0 Å². The molecule has 1 unspecified atom stereocenters. The SMILES string of the molecule is CN(CC1CCOCC1)CC(O)c1ccc(OC(F)F)cc1. The van der Waals surface area contributed by atoms with Gasteiger partial charge in [-0.05, 0) is 43.5 Å². The molecular weight excluding hydrogens is 292 g/mol. The van der Waals surface area contributed by atoms with E-state index in [-0.39, 0.29) is 5.75 Å². The van der Waals surface area contributed by atoms with Crippen LogP contribution in [0.15, 0.2) is 24.3 Å². The summed E-state index contributed by atoms with van der Waals surface area (Å²) in [5, 5.41) is 10.2. The van der Waals surface area contributed by atoms with Crippen molar-refractivity contribution in [2.45, 2.75) is 25.6 Å². The zero-order chi connectivity index (χ0) is 15.9. The van der Waals surface area contributed by atoms with E-state index in [9.17, 15) is 13.9 Å². The Bertz CT molecular complexity index is 436. The fourth-order valence-corrected chi connectivity index (χ4v) is 2.72. The molecule has 0 aromatic heterocycles. The predicted octanol–water partition coefficient (Wildman–Crippen LogP) is 2.68. The smallest absolute Gasteiger partial charge is 0.387 e. The molecule has 1 aliphatic rings. The molecule has 1 fully saturated rings. The van der Waals surface area contributed by atoms with Crippen molar-refractivity contribution in [2.24, 2.45) is 5.92 Å². The zero-order valence-electron chi connectivity index (χ0n) is 12.8. The Labute approximate surface area is 129 Å². The predicted molar refractivity (Wildman–Crippen MR) is 79.1 cm³/mol. The molecule has 124 valence electrons. The van der Waals surface area contributed by atoms with E-state index in [1.54, 1.807) is 12.1 Å². The number of benzene rings is 1. The van der Waals surface area contributed by atoms with E-state index in [1.807, 2.05) is 7.05 Å². The van der Waals surface area contributed by atoms with Gasteiger partial charge in [0.15, 0.2) is 0 Å². The Hall–Kier alpha value is -1.24. The van der Waals surface area contributed by atoms with Crippen LogP contribution in [0.25, 0.3) is 0 Å². The Kier molecular flexibility index (Phi) is 6.54. The molecule has 2 rings (SSSR count). The van der Waals surface area contributed by atoms with Crippen LogP contribution in [0, 0.1) is 5.92 Å². The molecule has 1 N–H and O–H groups in total. The molecule has 1 heterocycles. The number of hydrogen-bond acceptors (Lipinski definition) is 4. The number of aliphatic hydroxyl groups excluding tert-OH is 1. The Morgan fingerprint density at radius 3 is 2.50 bits per heavy atom. The second kappa shape index (κ2) is 8.41. The van der Waals surface area contributed by atoms with Crippen LogP contribution in [0.3, 0.4) is 0 Å². The molecular formula is C16H23F2NO3. The van der Waals surface area contributed by atoms with Crippen LogP contribution < -0.4 is 4.74 Å². The molecule has 0 aliphatic carbocycles. The van der Waals surface area contributed by atoms with Crippen LogP contribution in [-0.4, -0.2) is 50.0 Å². The first kappa shape index (κ1) is 17.1. The number of ether oxygens (including phenoxy) is 2. The Balaban J connectivity index is 1.81. The van der Waals surface area contributed by atoms with Crippen molar-refractivity contribution in [1.29, 1.82) is 0 Å². The summed E-state index contributed by atoms with van der Waals surface area (Å²) >= 11 is 0. The number of rotatable bonds is 7. The van der Waals surface area contributed by atoms with Gasteiger partial charge in [-0.15, -0.1) is 0 Å². The number of halogens is 2. The summed E-state index contributed by atoms with van der Waals surface area (Å²) < 4.78 is 33.8. The molecule has 0 saturated carbocycles. The first-order chi connectivity index (χ1) is 10.5. The van der Waals surface area contributed by atoms with Crippen molar-refractivity contribution < 1.29 is 23.4 Å². The summed E-state index contributed by atoms with van der Waals surface area (Å²) in [6.45, 7) is 0.222. The third-order valence-electron chi connectivity index (χ3n) is 3.89. The molecule has 6 heteroatoms. The molecule has 1 aromatic rings. The summed E-state index contributed by atoms with van der Waals surface area (Å²) in [5.74, 6) is 0.703. The summed E-state index contributed by atoms with van der Waals surface area (Å²) in [6.07, 6.45) is 1.46. The zero-order valence-corrected chi connectivity index (χ0v) is 12.8. The maximum absolute atomic E-state index is 12.1. The molecule has 0 radical (unpaired) electrons. The second-order valence-corrected chi connectivity index (χ2v) is 5.74. The van der Waals surface area contributed by atoms with Gasteiger partial charge in [-0.2, -0.15) is 8.78 Å². The van der Waals surface area contributed by atoms with Gasteiger partial charge in [-0.1, -0.05) is 12.1 Å². The van der Waals surface area contributed by atoms with Gasteiger partial charge in [-0.3, -0.25) is 0 Å². The van der Waals surface area contributed by atoms with Crippen molar-refractivity contribution in [3.8, 4) is 5.75 Å². The van der Waals surface area contributed by atoms with Gasteiger partial charge >= 0.3 is 6.61 Å². The van der Waals surface area contributed by atoms with Gasteiger partial charge in [0.05, 0.1) is 6.10 Å². The van der Waals surface area contributed by atoms with Crippen LogP contribution >= 0.6 is 0 Å². The van der Waals surface area contributed by atoms with E-state index in [2.05, 4.69) is 9.64 Å². The third-order valence-corrected chi connectivity index (χ3v) is 3.89. The average Bonchev–Trinajstić information content (AvgIpc) is 2.48. The van der Waals surface area contributed by atoms with Crippen LogP contribution in [0.4, 0.5) is 8.78 Å². The summed E-state index contributed by atoms with van der Waals surface area (Å²) in [7, 11) is 1.98. The lowest BCUT2D eigenvalue weighted by atomic mass is 9.99. The lowest BCUT2D eigenvalue weighted by molar-refractivity contribution is -0.0498. The Morgan fingerprint density at radius 1 is 1.27 bits per heavy atom. The van der Waals surface area contributed by atoms with Crippen molar-refractivity contribution in [3.63, 3.8) is 0 Å².